The third-order valence-electron chi connectivity index (χ3n) is 5.34. The van der Waals surface area contributed by atoms with E-state index >= 15 is 0 Å². The average molecular weight is 269 g/mol. The zero-order chi connectivity index (χ0) is 13.9. The van der Waals surface area contributed by atoms with Crippen molar-refractivity contribution >= 4 is 0 Å². The van der Waals surface area contributed by atoms with E-state index in [1.165, 1.54) is 32.1 Å². The van der Waals surface area contributed by atoms with Gasteiger partial charge < -0.3 is 10.2 Å². The molecule has 3 heteroatoms. The van der Waals surface area contributed by atoms with Crippen molar-refractivity contribution in [3.8, 4) is 0 Å². The number of hydrogen-bond donors (Lipinski definition) is 2. The fourth-order valence-corrected chi connectivity index (χ4v) is 4.08. The Balaban J connectivity index is 1.95. The molecule has 2 unspecified atom stereocenters. The van der Waals surface area contributed by atoms with Crippen molar-refractivity contribution in [2.75, 3.05) is 19.7 Å². The number of nitrogens with zero attached hydrogens (tertiary/aromatic N) is 1. The molecule has 0 amide bonds. The smallest absolute Gasteiger partial charge is 0.0631 e. The molecule has 3 nitrogen and oxygen atoms in total. The van der Waals surface area contributed by atoms with Gasteiger partial charge in [-0.3, -0.25) is 4.90 Å². The second kappa shape index (κ2) is 6.55. The third kappa shape index (κ3) is 3.71. The Labute approximate surface area is 118 Å². The van der Waals surface area contributed by atoms with Crippen LogP contribution in [0.15, 0.2) is 0 Å². The van der Waals surface area contributed by atoms with Crippen molar-refractivity contribution in [3.05, 3.63) is 0 Å². The molecule has 2 N–H and O–H groups in total. The summed E-state index contributed by atoms with van der Waals surface area (Å²) in [6, 6.07) is 0.643. The predicted octanol–water partition coefficient (Wildman–Crippen LogP) is 2.41. The first-order valence-corrected chi connectivity index (χ1v) is 8.07. The molecule has 0 radical (unpaired) electrons. The van der Waals surface area contributed by atoms with Crippen molar-refractivity contribution in [2.24, 2.45) is 11.3 Å². The fraction of sp³-hybridized carbons (Fsp3) is 1.00. The van der Waals surface area contributed by atoms with Gasteiger partial charge in [-0.15, -0.1) is 0 Å². The Morgan fingerprint density at radius 1 is 1.11 bits per heavy atom. The minimum atomic E-state index is -0.191. The Morgan fingerprint density at radius 3 is 2.42 bits per heavy atom. The van der Waals surface area contributed by atoms with Crippen LogP contribution in [0, 0.1) is 11.3 Å². The summed E-state index contributed by atoms with van der Waals surface area (Å²) in [6.45, 7) is 6.36. The maximum atomic E-state index is 10.6. The van der Waals surface area contributed by atoms with Gasteiger partial charge in [-0.05, 0) is 37.0 Å². The first kappa shape index (κ1) is 15.3. The van der Waals surface area contributed by atoms with Gasteiger partial charge in [0.2, 0.25) is 0 Å². The second-order valence-electron chi connectivity index (χ2n) is 7.24. The third-order valence-corrected chi connectivity index (χ3v) is 5.34. The number of rotatable bonds is 5. The predicted molar refractivity (Wildman–Crippen MR) is 78.0 cm³/mol. The van der Waals surface area contributed by atoms with Crippen LogP contribution >= 0.6 is 0 Å². The lowest BCUT2D eigenvalue weighted by Crippen LogP contribution is -2.47. The normalized spacial score (nSPS) is 32.1. The monoisotopic (exact) mass is 269 g/mol. The zero-order valence-electron chi connectivity index (χ0n) is 12.6. The standard InChI is InChI=1S/C16H31NO2/c1-16(2)9-5-6-13(15(16)19)12-17(10-11-18)14-7-3-4-8-14/h13-15,18-19H,3-12H2,1-2H3. The van der Waals surface area contributed by atoms with Gasteiger partial charge in [-0.2, -0.15) is 0 Å². The van der Waals surface area contributed by atoms with E-state index in [9.17, 15) is 10.2 Å². The molecule has 2 fully saturated rings. The summed E-state index contributed by atoms with van der Waals surface area (Å²) in [6.07, 6.45) is 8.50. The maximum Gasteiger partial charge on any atom is 0.0631 e. The molecule has 0 heterocycles. The van der Waals surface area contributed by atoms with E-state index < -0.39 is 0 Å². The maximum absolute atomic E-state index is 10.6. The first-order valence-electron chi connectivity index (χ1n) is 8.07. The van der Waals surface area contributed by atoms with E-state index in [4.69, 9.17) is 0 Å². The molecule has 0 aromatic rings. The Morgan fingerprint density at radius 2 is 1.79 bits per heavy atom. The van der Waals surface area contributed by atoms with Crippen molar-refractivity contribution < 1.29 is 10.2 Å². The number of hydrogen-bond acceptors (Lipinski definition) is 3. The van der Waals surface area contributed by atoms with Crippen molar-refractivity contribution in [3.63, 3.8) is 0 Å². The van der Waals surface area contributed by atoms with Gasteiger partial charge >= 0.3 is 0 Å². The molecule has 2 atom stereocenters. The minimum absolute atomic E-state index is 0.0590. The highest BCUT2D eigenvalue weighted by Gasteiger charge is 2.39. The van der Waals surface area contributed by atoms with Crippen LogP contribution < -0.4 is 0 Å². The Kier molecular flexibility index (Phi) is 5.27. The molecule has 0 spiro atoms. The van der Waals surface area contributed by atoms with Crippen LogP contribution in [-0.2, 0) is 0 Å². The average Bonchev–Trinajstić information content (AvgIpc) is 2.88. The molecule has 0 aromatic heterocycles. The summed E-state index contributed by atoms with van der Waals surface area (Å²) in [4.78, 5) is 2.45. The largest absolute Gasteiger partial charge is 0.395 e. The van der Waals surface area contributed by atoms with Crippen LogP contribution in [0.3, 0.4) is 0 Å². The van der Waals surface area contributed by atoms with Gasteiger partial charge in [0.05, 0.1) is 12.7 Å². The van der Waals surface area contributed by atoms with E-state index in [1.807, 2.05) is 0 Å². The molecule has 0 saturated heterocycles. The van der Waals surface area contributed by atoms with E-state index in [0.717, 1.165) is 25.9 Å². The highest BCUT2D eigenvalue weighted by molar-refractivity contribution is 4.90. The summed E-state index contributed by atoms with van der Waals surface area (Å²) >= 11 is 0. The highest BCUT2D eigenvalue weighted by Crippen LogP contribution is 2.39. The fourth-order valence-electron chi connectivity index (χ4n) is 4.08. The summed E-state index contributed by atoms with van der Waals surface area (Å²) in [5, 5.41) is 19.9. The van der Waals surface area contributed by atoms with E-state index in [1.54, 1.807) is 0 Å². The quantitative estimate of drug-likeness (QED) is 0.805. The molecule has 112 valence electrons. The number of aliphatic hydroxyl groups is 2. The van der Waals surface area contributed by atoms with Crippen LogP contribution in [0.1, 0.15) is 58.8 Å². The SMILES string of the molecule is CC1(C)CCCC(CN(CCO)C2CCCC2)C1O. The zero-order valence-corrected chi connectivity index (χ0v) is 12.6. The van der Waals surface area contributed by atoms with Crippen LogP contribution in [0.2, 0.25) is 0 Å². The van der Waals surface area contributed by atoms with Crippen molar-refractivity contribution in [1.82, 2.24) is 4.90 Å². The summed E-state index contributed by atoms with van der Waals surface area (Å²) in [5.74, 6) is 0.385. The summed E-state index contributed by atoms with van der Waals surface area (Å²) in [7, 11) is 0. The Bertz CT molecular complexity index is 272. The van der Waals surface area contributed by atoms with Crippen LogP contribution in [0.5, 0.6) is 0 Å². The van der Waals surface area contributed by atoms with Gasteiger partial charge in [0.15, 0.2) is 0 Å². The molecule has 2 aliphatic rings. The van der Waals surface area contributed by atoms with Crippen LogP contribution in [0.25, 0.3) is 0 Å². The van der Waals surface area contributed by atoms with E-state index in [2.05, 4.69) is 18.7 Å². The van der Waals surface area contributed by atoms with E-state index in [-0.39, 0.29) is 18.1 Å². The van der Waals surface area contributed by atoms with Gasteiger partial charge in [0.25, 0.3) is 0 Å². The van der Waals surface area contributed by atoms with Crippen LogP contribution in [-0.4, -0.2) is 47.0 Å². The highest BCUT2D eigenvalue weighted by atomic mass is 16.3. The lowest BCUT2D eigenvalue weighted by molar-refractivity contribution is -0.0479. The molecule has 0 bridgehead atoms. The van der Waals surface area contributed by atoms with Gasteiger partial charge in [-0.1, -0.05) is 33.1 Å². The molecule has 0 aromatic carbocycles. The lowest BCUT2D eigenvalue weighted by Gasteiger charge is -2.43. The minimum Gasteiger partial charge on any atom is -0.395 e. The van der Waals surface area contributed by atoms with Gasteiger partial charge in [-0.25, -0.2) is 0 Å². The van der Waals surface area contributed by atoms with Crippen molar-refractivity contribution in [2.45, 2.75) is 70.9 Å². The molecular formula is C16H31NO2. The Hall–Kier alpha value is -0.120. The van der Waals surface area contributed by atoms with Gasteiger partial charge in [0, 0.05) is 19.1 Å². The lowest BCUT2D eigenvalue weighted by atomic mass is 9.69. The van der Waals surface area contributed by atoms with Crippen LogP contribution in [0.4, 0.5) is 0 Å². The van der Waals surface area contributed by atoms with E-state index in [0.29, 0.717) is 12.0 Å². The molecular weight excluding hydrogens is 238 g/mol. The van der Waals surface area contributed by atoms with Crippen molar-refractivity contribution in [1.29, 1.82) is 0 Å². The molecule has 2 aliphatic carbocycles. The molecule has 2 saturated carbocycles. The van der Waals surface area contributed by atoms with Gasteiger partial charge in [0.1, 0.15) is 0 Å². The second-order valence-corrected chi connectivity index (χ2v) is 7.24. The summed E-state index contributed by atoms with van der Waals surface area (Å²) in [5.41, 5.74) is 0.0590. The molecule has 0 aliphatic heterocycles. The first-order chi connectivity index (χ1) is 9.04. The number of aliphatic hydroxyl groups excluding tert-OH is 2. The topological polar surface area (TPSA) is 43.7 Å². The molecule has 2 rings (SSSR count). The summed E-state index contributed by atoms with van der Waals surface area (Å²) < 4.78 is 0. The molecule has 19 heavy (non-hydrogen) atoms.